The monoisotopic (exact) mass is 357 g/mol. The zero-order chi connectivity index (χ0) is 19.1. The lowest BCUT2D eigenvalue weighted by molar-refractivity contribution is -0.132. The number of rotatable bonds is 8. The second kappa shape index (κ2) is 9.17. The van der Waals surface area contributed by atoms with Gasteiger partial charge in [0.1, 0.15) is 0 Å². The molecule has 0 radical (unpaired) electrons. The highest BCUT2D eigenvalue weighted by molar-refractivity contribution is 5.96. The first-order valence-corrected chi connectivity index (χ1v) is 9.06. The zero-order valence-electron chi connectivity index (χ0n) is 15.6. The smallest absolute Gasteiger partial charge is 0.251 e. The number of carbonyl (C=O) groups excluding carboxylic acids is 3. The topological polar surface area (TPSA) is 78.5 Å². The van der Waals surface area contributed by atoms with Gasteiger partial charge in [0.05, 0.1) is 6.54 Å². The third-order valence-electron chi connectivity index (χ3n) is 3.98. The summed E-state index contributed by atoms with van der Waals surface area (Å²) in [5.74, 6) is -0.455. The Morgan fingerprint density at radius 3 is 2.38 bits per heavy atom. The minimum Gasteiger partial charge on any atom is -0.352 e. The van der Waals surface area contributed by atoms with Gasteiger partial charge in [-0.3, -0.25) is 14.4 Å². The number of hydrogen-bond donors (Lipinski definition) is 2. The molecule has 1 aliphatic carbocycles. The van der Waals surface area contributed by atoms with Crippen LogP contribution in [-0.4, -0.2) is 47.8 Å². The SMILES string of the molecule is CCN(CC(=O)NC(C)C)C(=O)/C=C/c1ccc(C(=O)NC2CC2)cc1. The normalized spacial score (nSPS) is 13.7. The zero-order valence-corrected chi connectivity index (χ0v) is 15.6. The van der Waals surface area contributed by atoms with Gasteiger partial charge >= 0.3 is 0 Å². The average molecular weight is 357 g/mol. The molecule has 26 heavy (non-hydrogen) atoms. The van der Waals surface area contributed by atoms with Crippen LogP contribution in [0.1, 0.15) is 49.5 Å². The lowest BCUT2D eigenvalue weighted by Crippen LogP contribution is -2.42. The van der Waals surface area contributed by atoms with Crippen molar-refractivity contribution >= 4 is 23.8 Å². The minimum atomic E-state index is -0.220. The Labute approximate surface area is 154 Å². The van der Waals surface area contributed by atoms with E-state index in [0.29, 0.717) is 18.2 Å². The van der Waals surface area contributed by atoms with Gasteiger partial charge in [0, 0.05) is 30.3 Å². The molecule has 1 aromatic carbocycles. The molecule has 1 aliphatic rings. The Kier molecular flexibility index (Phi) is 6.95. The highest BCUT2D eigenvalue weighted by atomic mass is 16.2. The van der Waals surface area contributed by atoms with Gasteiger partial charge in [-0.15, -0.1) is 0 Å². The lowest BCUT2D eigenvalue weighted by Gasteiger charge is -2.19. The number of carbonyl (C=O) groups is 3. The largest absolute Gasteiger partial charge is 0.352 e. The predicted octanol–water partition coefficient (Wildman–Crippen LogP) is 1.97. The summed E-state index contributed by atoms with van der Waals surface area (Å²) in [6.45, 7) is 6.09. The molecule has 2 N–H and O–H groups in total. The van der Waals surface area contributed by atoms with Crippen molar-refractivity contribution in [2.75, 3.05) is 13.1 Å². The van der Waals surface area contributed by atoms with Crippen LogP contribution in [0, 0.1) is 0 Å². The van der Waals surface area contributed by atoms with Crippen molar-refractivity contribution in [2.45, 2.75) is 45.7 Å². The number of amides is 3. The van der Waals surface area contributed by atoms with Crippen LogP contribution in [0.2, 0.25) is 0 Å². The van der Waals surface area contributed by atoms with Crippen molar-refractivity contribution < 1.29 is 14.4 Å². The summed E-state index contributed by atoms with van der Waals surface area (Å²) in [4.78, 5) is 37.5. The number of nitrogens with zero attached hydrogens (tertiary/aromatic N) is 1. The standard InChI is InChI=1S/C20H27N3O3/c1-4-23(13-18(24)21-14(2)3)19(25)12-7-15-5-8-16(9-6-15)20(26)22-17-10-11-17/h5-9,12,14,17H,4,10-11,13H2,1-3H3,(H,21,24)(H,22,26)/b12-7+. The first kappa shape index (κ1) is 19.7. The quantitative estimate of drug-likeness (QED) is 0.698. The maximum Gasteiger partial charge on any atom is 0.251 e. The van der Waals surface area contributed by atoms with Gasteiger partial charge in [0.2, 0.25) is 11.8 Å². The molecule has 6 nitrogen and oxygen atoms in total. The van der Waals surface area contributed by atoms with E-state index in [1.54, 1.807) is 30.3 Å². The first-order valence-electron chi connectivity index (χ1n) is 9.06. The van der Waals surface area contributed by atoms with E-state index in [1.165, 1.54) is 11.0 Å². The second-order valence-corrected chi connectivity index (χ2v) is 6.78. The second-order valence-electron chi connectivity index (χ2n) is 6.78. The summed E-state index contributed by atoms with van der Waals surface area (Å²) in [6, 6.07) is 7.46. The van der Waals surface area contributed by atoms with Crippen molar-refractivity contribution in [3.8, 4) is 0 Å². The van der Waals surface area contributed by atoms with Crippen molar-refractivity contribution in [3.63, 3.8) is 0 Å². The predicted molar refractivity (Wildman–Crippen MR) is 101 cm³/mol. The maximum absolute atomic E-state index is 12.3. The third kappa shape index (κ3) is 6.35. The van der Waals surface area contributed by atoms with Crippen LogP contribution in [0.3, 0.4) is 0 Å². The van der Waals surface area contributed by atoms with Gasteiger partial charge in [0.25, 0.3) is 5.91 Å². The highest BCUT2D eigenvalue weighted by Crippen LogP contribution is 2.19. The average Bonchev–Trinajstić information content (AvgIpc) is 3.41. The Bertz CT molecular complexity index is 676. The molecule has 1 saturated carbocycles. The third-order valence-corrected chi connectivity index (χ3v) is 3.98. The fraction of sp³-hybridized carbons (Fsp3) is 0.450. The number of benzene rings is 1. The molecule has 2 rings (SSSR count). The summed E-state index contributed by atoms with van der Waals surface area (Å²) in [5, 5.41) is 5.71. The maximum atomic E-state index is 12.3. The van der Waals surface area contributed by atoms with Gasteiger partial charge in [-0.25, -0.2) is 0 Å². The summed E-state index contributed by atoms with van der Waals surface area (Å²) < 4.78 is 0. The first-order chi connectivity index (χ1) is 12.4. The van der Waals surface area contributed by atoms with E-state index in [4.69, 9.17) is 0 Å². The van der Waals surface area contributed by atoms with E-state index in [9.17, 15) is 14.4 Å². The van der Waals surface area contributed by atoms with E-state index in [0.717, 1.165) is 18.4 Å². The molecule has 0 atom stereocenters. The van der Waals surface area contributed by atoms with Crippen molar-refractivity contribution in [1.82, 2.24) is 15.5 Å². The van der Waals surface area contributed by atoms with Crippen LogP contribution in [0.5, 0.6) is 0 Å². The fourth-order valence-electron chi connectivity index (χ4n) is 2.40. The van der Waals surface area contributed by atoms with E-state index in [1.807, 2.05) is 20.8 Å². The van der Waals surface area contributed by atoms with Crippen molar-refractivity contribution in [2.24, 2.45) is 0 Å². The molecule has 0 aliphatic heterocycles. The highest BCUT2D eigenvalue weighted by Gasteiger charge is 2.23. The van der Waals surface area contributed by atoms with E-state index < -0.39 is 0 Å². The molecule has 1 aromatic rings. The number of hydrogen-bond acceptors (Lipinski definition) is 3. The van der Waals surface area contributed by atoms with Crippen LogP contribution < -0.4 is 10.6 Å². The Morgan fingerprint density at radius 2 is 1.85 bits per heavy atom. The summed E-state index contributed by atoms with van der Waals surface area (Å²) >= 11 is 0. The van der Waals surface area contributed by atoms with E-state index >= 15 is 0 Å². The van der Waals surface area contributed by atoms with Crippen LogP contribution >= 0.6 is 0 Å². The molecule has 0 heterocycles. The van der Waals surface area contributed by atoms with Crippen molar-refractivity contribution in [1.29, 1.82) is 0 Å². The molecule has 0 unspecified atom stereocenters. The van der Waals surface area contributed by atoms with Gasteiger partial charge in [-0.1, -0.05) is 12.1 Å². The molecule has 140 valence electrons. The van der Waals surface area contributed by atoms with Gasteiger partial charge in [-0.05, 0) is 57.4 Å². The van der Waals surface area contributed by atoms with Crippen LogP contribution in [-0.2, 0) is 9.59 Å². The number of likely N-dealkylation sites (N-methyl/N-ethyl adjacent to an activating group) is 1. The molecule has 6 heteroatoms. The van der Waals surface area contributed by atoms with Crippen LogP contribution in [0.25, 0.3) is 6.08 Å². The Morgan fingerprint density at radius 1 is 1.19 bits per heavy atom. The minimum absolute atomic E-state index is 0.0398. The van der Waals surface area contributed by atoms with Crippen LogP contribution in [0.4, 0.5) is 0 Å². The van der Waals surface area contributed by atoms with Gasteiger partial charge in [-0.2, -0.15) is 0 Å². The van der Waals surface area contributed by atoms with Crippen LogP contribution in [0.15, 0.2) is 30.3 Å². The summed E-state index contributed by atoms with van der Waals surface area (Å²) in [7, 11) is 0. The van der Waals surface area contributed by atoms with Crippen molar-refractivity contribution in [3.05, 3.63) is 41.5 Å². The lowest BCUT2D eigenvalue weighted by atomic mass is 10.1. The number of nitrogens with one attached hydrogen (secondary N) is 2. The molecule has 1 fully saturated rings. The van der Waals surface area contributed by atoms with E-state index in [-0.39, 0.29) is 30.3 Å². The van der Waals surface area contributed by atoms with Gasteiger partial charge in [0.15, 0.2) is 0 Å². The molecule has 3 amide bonds. The Hall–Kier alpha value is -2.63. The Balaban J connectivity index is 1.90. The molecule has 0 bridgehead atoms. The molecule has 0 spiro atoms. The molecule has 0 saturated heterocycles. The fourth-order valence-corrected chi connectivity index (χ4v) is 2.40. The van der Waals surface area contributed by atoms with E-state index in [2.05, 4.69) is 10.6 Å². The van der Waals surface area contributed by atoms with Gasteiger partial charge < -0.3 is 15.5 Å². The molecular weight excluding hydrogens is 330 g/mol. The molecule has 0 aromatic heterocycles. The summed E-state index contributed by atoms with van der Waals surface area (Å²) in [6.07, 6.45) is 5.24. The summed E-state index contributed by atoms with van der Waals surface area (Å²) in [5.41, 5.74) is 1.44. The molecular formula is C20H27N3O3.